The number of aliphatic hydroxyl groups excluding tert-OH is 3. The summed E-state index contributed by atoms with van der Waals surface area (Å²) in [5, 5.41) is 32.5. The van der Waals surface area contributed by atoms with Crippen molar-refractivity contribution in [3.05, 3.63) is 42.0 Å². The van der Waals surface area contributed by atoms with E-state index in [0.29, 0.717) is 11.1 Å². The van der Waals surface area contributed by atoms with Crippen LogP contribution in [-0.2, 0) is 11.3 Å². The van der Waals surface area contributed by atoms with Crippen molar-refractivity contribution in [2.24, 2.45) is 0 Å². The number of imidazole rings is 1. The number of aliphatic hydroxyl groups is 3. The second kappa shape index (κ2) is 7.28. The van der Waals surface area contributed by atoms with Gasteiger partial charge in [0.15, 0.2) is 23.2 Å². The molecule has 4 atom stereocenters. The van der Waals surface area contributed by atoms with Crippen LogP contribution in [0.3, 0.4) is 0 Å². The van der Waals surface area contributed by atoms with Crippen molar-refractivity contribution >= 4 is 22.9 Å². The summed E-state index contributed by atoms with van der Waals surface area (Å²) in [6.45, 7) is -0.299. The molecule has 0 unspecified atom stereocenters. The summed E-state index contributed by atoms with van der Waals surface area (Å²) in [6, 6.07) is 6.32. The van der Waals surface area contributed by atoms with Crippen LogP contribution in [0, 0.1) is 5.82 Å². The summed E-state index contributed by atoms with van der Waals surface area (Å²) in [5.41, 5.74) is 6.83. The molecule has 148 valence electrons. The molecule has 10 nitrogen and oxygen atoms in total. The third kappa shape index (κ3) is 3.14. The zero-order valence-corrected chi connectivity index (χ0v) is 14.6. The minimum absolute atomic E-state index is 0.0583. The van der Waals surface area contributed by atoms with Crippen molar-refractivity contribution in [1.29, 1.82) is 0 Å². The minimum atomic E-state index is -1.29. The summed E-state index contributed by atoms with van der Waals surface area (Å²) in [4.78, 5) is 12.5. The van der Waals surface area contributed by atoms with Crippen molar-refractivity contribution in [3.63, 3.8) is 0 Å². The van der Waals surface area contributed by atoms with E-state index in [4.69, 9.17) is 10.5 Å². The number of benzene rings is 1. The molecule has 6 N–H and O–H groups in total. The van der Waals surface area contributed by atoms with E-state index < -0.39 is 31.1 Å². The molecule has 28 heavy (non-hydrogen) atoms. The number of nitrogens with zero attached hydrogens (tertiary/aromatic N) is 4. The van der Waals surface area contributed by atoms with E-state index in [-0.39, 0.29) is 29.8 Å². The van der Waals surface area contributed by atoms with Crippen LogP contribution in [0.25, 0.3) is 11.2 Å². The standard InChI is InChI=1S/C17H19FN6O4/c18-9-4-2-1-3-8(9)5-20-14-11-15(23-17(19)22-14)24(7-21-11)16-13(27)12(26)10(6-25)28-16/h1-4,7,10,12-13,16,25-27H,5-6H2,(H3,19,20,22,23)/t10-,12-,13-,16-/m1/s1. The summed E-state index contributed by atoms with van der Waals surface area (Å²) in [7, 11) is 0. The number of halogens is 1. The fourth-order valence-electron chi connectivity index (χ4n) is 3.17. The maximum atomic E-state index is 13.8. The highest BCUT2D eigenvalue weighted by atomic mass is 19.1. The molecule has 1 aliphatic heterocycles. The third-order valence-electron chi connectivity index (χ3n) is 4.63. The molecule has 0 bridgehead atoms. The van der Waals surface area contributed by atoms with E-state index in [1.807, 2.05) is 0 Å². The van der Waals surface area contributed by atoms with E-state index in [0.717, 1.165) is 0 Å². The van der Waals surface area contributed by atoms with Crippen LogP contribution < -0.4 is 11.1 Å². The zero-order chi connectivity index (χ0) is 19.8. The molecule has 0 radical (unpaired) electrons. The van der Waals surface area contributed by atoms with Gasteiger partial charge >= 0.3 is 0 Å². The predicted molar refractivity (Wildman–Crippen MR) is 96.5 cm³/mol. The van der Waals surface area contributed by atoms with E-state index in [9.17, 15) is 19.7 Å². The van der Waals surface area contributed by atoms with Gasteiger partial charge in [0.25, 0.3) is 0 Å². The molecule has 0 amide bonds. The van der Waals surface area contributed by atoms with Gasteiger partial charge in [-0.2, -0.15) is 9.97 Å². The second-order valence-corrected chi connectivity index (χ2v) is 6.43. The molecule has 1 fully saturated rings. The molecule has 0 aliphatic carbocycles. The van der Waals surface area contributed by atoms with Gasteiger partial charge in [-0.05, 0) is 6.07 Å². The van der Waals surface area contributed by atoms with Gasteiger partial charge in [-0.25, -0.2) is 9.37 Å². The zero-order valence-electron chi connectivity index (χ0n) is 14.6. The van der Waals surface area contributed by atoms with Crippen molar-refractivity contribution < 1.29 is 24.4 Å². The van der Waals surface area contributed by atoms with Crippen LogP contribution in [0.2, 0.25) is 0 Å². The van der Waals surface area contributed by atoms with Crippen molar-refractivity contribution in [2.75, 3.05) is 17.7 Å². The van der Waals surface area contributed by atoms with E-state index >= 15 is 0 Å². The Morgan fingerprint density at radius 1 is 1.21 bits per heavy atom. The lowest BCUT2D eigenvalue weighted by Gasteiger charge is -2.16. The Labute approximate surface area is 158 Å². The Balaban J connectivity index is 1.66. The summed E-state index contributed by atoms with van der Waals surface area (Å²) >= 11 is 0. The number of hydrogen-bond acceptors (Lipinski definition) is 9. The Kier molecular flexibility index (Phi) is 4.81. The van der Waals surface area contributed by atoms with E-state index in [1.54, 1.807) is 18.2 Å². The first-order valence-corrected chi connectivity index (χ1v) is 8.59. The lowest BCUT2D eigenvalue weighted by atomic mass is 10.1. The van der Waals surface area contributed by atoms with Gasteiger partial charge in [-0.3, -0.25) is 4.57 Å². The topological polar surface area (TPSA) is 152 Å². The quantitative estimate of drug-likeness (QED) is 0.398. The summed E-state index contributed by atoms with van der Waals surface area (Å²) in [5.74, 6) is -0.126. The normalized spacial score (nSPS) is 24.7. The number of rotatable bonds is 5. The predicted octanol–water partition coefficient (Wildman–Crippen LogP) is -0.229. The molecular weight excluding hydrogens is 371 g/mol. The van der Waals surface area contributed by atoms with Gasteiger partial charge in [0, 0.05) is 12.1 Å². The largest absolute Gasteiger partial charge is 0.394 e. The average Bonchev–Trinajstić information content (AvgIpc) is 3.22. The molecule has 0 spiro atoms. The minimum Gasteiger partial charge on any atom is -0.394 e. The first-order chi connectivity index (χ1) is 13.5. The maximum Gasteiger partial charge on any atom is 0.224 e. The SMILES string of the molecule is Nc1nc(NCc2ccccc2F)c2ncn([C@@H]3O[C@H](CO)[C@@H](O)[C@H]3O)c2n1. The Hall–Kier alpha value is -2.86. The van der Waals surface area contributed by atoms with Crippen LogP contribution in [-0.4, -0.2) is 59.8 Å². The molecule has 1 aromatic carbocycles. The van der Waals surface area contributed by atoms with E-state index in [1.165, 1.54) is 17.0 Å². The van der Waals surface area contributed by atoms with E-state index in [2.05, 4.69) is 20.3 Å². The first kappa shape index (κ1) is 18.5. The maximum absolute atomic E-state index is 13.8. The lowest BCUT2D eigenvalue weighted by Crippen LogP contribution is -2.33. The monoisotopic (exact) mass is 390 g/mol. The average molecular weight is 390 g/mol. The molecule has 2 aromatic heterocycles. The number of ether oxygens (including phenoxy) is 1. The number of aromatic nitrogens is 4. The van der Waals surface area contributed by atoms with Gasteiger partial charge in [0.1, 0.15) is 24.1 Å². The van der Waals surface area contributed by atoms with Gasteiger partial charge in [-0.1, -0.05) is 18.2 Å². The third-order valence-corrected chi connectivity index (χ3v) is 4.63. The highest BCUT2D eigenvalue weighted by Gasteiger charge is 2.44. The van der Waals surface area contributed by atoms with Crippen LogP contribution >= 0.6 is 0 Å². The van der Waals surface area contributed by atoms with Crippen molar-refractivity contribution in [2.45, 2.75) is 31.1 Å². The number of fused-ring (bicyclic) bond motifs is 1. The lowest BCUT2D eigenvalue weighted by molar-refractivity contribution is -0.0511. The number of anilines is 2. The van der Waals surface area contributed by atoms with Crippen LogP contribution in [0.5, 0.6) is 0 Å². The van der Waals surface area contributed by atoms with Crippen LogP contribution in [0.4, 0.5) is 16.2 Å². The number of nitrogens with one attached hydrogen (secondary N) is 1. The second-order valence-electron chi connectivity index (χ2n) is 6.43. The molecule has 3 heterocycles. The molecular formula is C17H19FN6O4. The van der Waals surface area contributed by atoms with Gasteiger partial charge < -0.3 is 31.1 Å². The molecule has 11 heteroatoms. The van der Waals surface area contributed by atoms with Crippen LogP contribution in [0.1, 0.15) is 11.8 Å². The number of nitrogen functional groups attached to an aromatic ring is 1. The van der Waals surface area contributed by atoms with Crippen molar-refractivity contribution in [1.82, 2.24) is 19.5 Å². The Morgan fingerprint density at radius 2 is 2.00 bits per heavy atom. The highest BCUT2D eigenvalue weighted by Crippen LogP contribution is 2.32. The van der Waals surface area contributed by atoms with Crippen LogP contribution in [0.15, 0.2) is 30.6 Å². The van der Waals surface area contributed by atoms with Crippen molar-refractivity contribution in [3.8, 4) is 0 Å². The summed E-state index contributed by atoms with van der Waals surface area (Å²) < 4.78 is 20.8. The number of hydrogen-bond donors (Lipinski definition) is 5. The van der Waals surface area contributed by atoms with Gasteiger partial charge in [0.2, 0.25) is 5.95 Å². The highest BCUT2D eigenvalue weighted by molar-refractivity contribution is 5.84. The molecule has 1 aliphatic rings. The van der Waals surface area contributed by atoms with Gasteiger partial charge in [-0.15, -0.1) is 0 Å². The smallest absolute Gasteiger partial charge is 0.224 e. The summed E-state index contributed by atoms with van der Waals surface area (Å²) in [6.07, 6.45) is -3.13. The fraction of sp³-hybridized carbons (Fsp3) is 0.353. The molecule has 4 rings (SSSR count). The first-order valence-electron chi connectivity index (χ1n) is 8.59. The number of nitrogens with two attached hydrogens (primary N) is 1. The Morgan fingerprint density at radius 3 is 2.71 bits per heavy atom. The molecule has 1 saturated heterocycles. The molecule has 3 aromatic rings. The fourth-order valence-corrected chi connectivity index (χ4v) is 3.17. The van der Waals surface area contributed by atoms with Gasteiger partial charge in [0.05, 0.1) is 12.9 Å². The Bertz CT molecular complexity index is 999. The molecule has 0 saturated carbocycles.